The molecule has 5 atom stereocenters. The van der Waals surface area contributed by atoms with Crippen molar-refractivity contribution in [3.63, 3.8) is 0 Å². The Hall–Kier alpha value is -2.05. The fourth-order valence-electron chi connectivity index (χ4n) is 4.98. The number of rotatable bonds is 7. The number of hydrogen-bond acceptors (Lipinski definition) is 9. The van der Waals surface area contributed by atoms with E-state index in [0.29, 0.717) is 18.8 Å². The van der Waals surface area contributed by atoms with E-state index in [1.165, 1.54) is 0 Å². The molecule has 0 N–H and O–H groups in total. The summed E-state index contributed by atoms with van der Waals surface area (Å²) in [7, 11) is -3.48. The minimum Gasteiger partial charge on any atom is -0.461 e. The molecule has 3 heterocycles. The molecule has 3 aliphatic heterocycles. The van der Waals surface area contributed by atoms with Crippen LogP contribution in [-0.4, -0.2) is 70.2 Å². The summed E-state index contributed by atoms with van der Waals surface area (Å²) < 4.78 is 64.8. The van der Waals surface area contributed by atoms with Crippen LogP contribution < -0.4 is 4.74 Å². The fourth-order valence-corrected chi connectivity index (χ4v) is 5.36. The summed E-state index contributed by atoms with van der Waals surface area (Å²) in [6, 6.07) is 15.5. The van der Waals surface area contributed by atoms with E-state index in [-0.39, 0.29) is 24.9 Å². The normalized spacial score (nSPS) is 30.4. The van der Waals surface area contributed by atoms with Gasteiger partial charge in [0.25, 0.3) is 10.1 Å². The van der Waals surface area contributed by atoms with E-state index in [0.717, 1.165) is 22.9 Å². The Morgan fingerprint density at radius 2 is 1.65 bits per heavy atom. The lowest BCUT2D eigenvalue weighted by atomic mass is 9.97. The van der Waals surface area contributed by atoms with Gasteiger partial charge in [0.05, 0.1) is 19.5 Å². The molecule has 3 saturated heterocycles. The number of fused-ring (bicyclic) bond motifs is 3. The average Bonchev–Trinajstić information content (AvgIpc) is 3.15. The van der Waals surface area contributed by atoms with Gasteiger partial charge in [-0.3, -0.25) is 4.18 Å². The van der Waals surface area contributed by atoms with Gasteiger partial charge in [-0.05, 0) is 51.3 Å². The minimum absolute atomic E-state index is 0.0794. The zero-order chi connectivity index (χ0) is 26.4. The first-order chi connectivity index (χ1) is 17.4. The van der Waals surface area contributed by atoms with Crippen LogP contribution in [-0.2, 0) is 44.4 Å². The van der Waals surface area contributed by atoms with Crippen molar-refractivity contribution >= 4 is 10.1 Å². The number of benzene rings is 2. The third-order valence-corrected chi connectivity index (χ3v) is 7.10. The summed E-state index contributed by atoms with van der Waals surface area (Å²) in [5, 5.41) is 0. The molecule has 0 amide bonds. The molecular weight excluding hydrogens is 500 g/mol. The van der Waals surface area contributed by atoms with Gasteiger partial charge in [0.15, 0.2) is 17.7 Å². The van der Waals surface area contributed by atoms with Gasteiger partial charge in [-0.2, -0.15) is 8.42 Å². The summed E-state index contributed by atoms with van der Waals surface area (Å²) >= 11 is 0. The quantitative estimate of drug-likeness (QED) is 0.493. The van der Waals surface area contributed by atoms with E-state index in [2.05, 4.69) is 0 Å². The molecule has 9 nitrogen and oxygen atoms in total. The highest BCUT2D eigenvalue weighted by Crippen LogP contribution is 2.43. The summed E-state index contributed by atoms with van der Waals surface area (Å²) in [5.74, 6) is -0.938. The Kier molecular flexibility index (Phi) is 7.12. The van der Waals surface area contributed by atoms with Crippen LogP contribution in [0.25, 0.3) is 11.1 Å². The SMILES string of the molecule is CC1(C)O[C@@H]2[C@H](O1)[C@@H](Oc1ccccc1-c1cccc(CCOS(C)(=O)=O)c1)O[C@@H]1COC(C)(C)O[C@@H]21. The van der Waals surface area contributed by atoms with Crippen LogP contribution >= 0.6 is 0 Å². The molecule has 202 valence electrons. The summed E-state index contributed by atoms with van der Waals surface area (Å²) in [6.07, 6.45) is -0.847. The molecule has 0 radical (unpaired) electrons. The van der Waals surface area contributed by atoms with Crippen LogP contribution in [0.3, 0.4) is 0 Å². The highest BCUT2D eigenvalue weighted by molar-refractivity contribution is 7.85. The second-order valence-corrected chi connectivity index (χ2v) is 12.1. The van der Waals surface area contributed by atoms with E-state index in [1.54, 1.807) is 0 Å². The molecule has 0 bridgehead atoms. The Morgan fingerprint density at radius 3 is 2.43 bits per heavy atom. The zero-order valence-corrected chi connectivity index (χ0v) is 22.5. The monoisotopic (exact) mass is 534 g/mol. The third kappa shape index (κ3) is 6.17. The van der Waals surface area contributed by atoms with Crippen molar-refractivity contribution < 1.29 is 41.0 Å². The van der Waals surface area contributed by atoms with Gasteiger partial charge >= 0.3 is 0 Å². The summed E-state index contributed by atoms with van der Waals surface area (Å²) in [4.78, 5) is 0. The second kappa shape index (κ2) is 9.92. The van der Waals surface area contributed by atoms with Crippen molar-refractivity contribution in [1.29, 1.82) is 0 Å². The maximum Gasteiger partial charge on any atom is 0.264 e. The molecule has 0 spiro atoms. The van der Waals surface area contributed by atoms with Gasteiger partial charge in [0.2, 0.25) is 6.29 Å². The van der Waals surface area contributed by atoms with Crippen LogP contribution in [0, 0.1) is 0 Å². The lowest BCUT2D eigenvalue weighted by Gasteiger charge is -2.48. The molecular formula is C27H34O9S. The van der Waals surface area contributed by atoms with Crippen LogP contribution in [0.5, 0.6) is 5.75 Å². The standard InChI is InChI=1S/C27H34O9S/c1-26(2)30-16-21-22(34-26)23-24(36-27(3,4)35-23)25(33-21)32-20-12-7-6-11-19(20)18-10-8-9-17(15-18)13-14-31-37(5,28)29/h6-12,15,21-25H,13-14,16H2,1-5H3/t21-,22-,23+,24+,25+/m1/s1. The van der Waals surface area contributed by atoms with Crippen LogP contribution in [0.4, 0.5) is 0 Å². The molecule has 0 aromatic heterocycles. The van der Waals surface area contributed by atoms with E-state index < -0.39 is 34.1 Å². The van der Waals surface area contributed by atoms with E-state index in [1.807, 2.05) is 76.2 Å². The largest absolute Gasteiger partial charge is 0.461 e. The lowest BCUT2D eigenvalue weighted by Crippen LogP contribution is -2.64. The molecule has 0 unspecified atom stereocenters. The van der Waals surface area contributed by atoms with Crippen molar-refractivity contribution in [1.82, 2.24) is 0 Å². The molecule has 2 aromatic rings. The first-order valence-electron chi connectivity index (χ1n) is 12.4. The average molecular weight is 535 g/mol. The van der Waals surface area contributed by atoms with Gasteiger partial charge in [-0.1, -0.05) is 42.5 Å². The molecule has 3 fully saturated rings. The topological polar surface area (TPSA) is 98.8 Å². The molecule has 2 aromatic carbocycles. The minimum atomic E-state index is -3.48. The van der Waals surface area contributed by atoms with E-state index in [4.69, 9.17) is 32.6 Å². The molecule has 3 aliphatic rings. The molecule has 0 saturated carbocycles. The number of ether oxygens (including phenoxy) is 6. The van der Waals surface area contributed by atoms with Gasteiger partial charge in [0.1, 0.15) is 24.1 Å². The molecule has 5 rings (SSSR count). The molecule has 0 aliphatic carbocycles. The van der Waals surface area contributed by atoms with Crippen LogP contribution in [0.1, 0.15) is 33.3 Å². The summed E-state index contributed by atoms with van der Waals surface area (Å²) in [5.41, 5.74) is 2.74. The Bertz CT molecular complexity index is 1230. The predicted molar refractivity (Wildman–Crippen MR) is 134 cm³/mol. The smallest absolute Gasteiger partial charge is 0.264 e. The Morgan fingerprint density at radius 1 is 0.919 bits per heavy atom. The molecule has 10 heteroatoms. The first kappa shape index (κ1) is 26.6. The number of para-hydroxylation sites is 1. The van der Waals surface area contributed by atoms with E-state index >= 15 is 0 Å². The predicted octanol–water partition coefficient (Wildman–Crippen LogP) is 3.65. The first-order valence-corrected chi connectivity index (χ1v) is 14.2. The highest BCUT2D eigenvalue weighted by atomic mass is 32.2. The van der Waals surface area contributed by atoms with Crippen molar-refractivity contribution in [3.05, 3.63) is 54.1 Å². The summed E-state index contributed by atoms with van der Waals surface area (Å²) in [6.45, 7) is 7.92. The maximum absolute atomic E-state index is 11.3. The lowest BCUT2D eigenvalue weighted by molar-refractivity contribution is -0.362. The molecule has 37 heavy (non-hydrogen) atoms. The third-order valence-electron chi connectivity index (χ3n) is 6.50. The maximum atomic E-state index is 11.3. The van der Waals surface area contributed by atoms with Crippen LogP contribution in [0.15, 0.2) is 48.5 Å². The van der Waals surface area contributed by atoms with Crippen molar-refractivity contribution in [2.24, 2.45) is 0 Å². The van der Waals surface area contributed by atoms with Crippen molar-refractivity contribution in [2.75, 3.05) is 19.5 Å². The number of hydrogen-bond donors (Lipinski definition) is 0. The Balaban J connectivity index is 1.38. The van der Waals surface area contributed by atoms with Gasteiger partial charge < -0.3 is 28.4 Å². The fraction of sp³-hybridized carbons (Fsp3) is 0.556. The zero-order valence-electron chi connectivity index (χ0n) is 21.7. The van der Waals surface area contributed by atoms with Crippen molar-refractivity contribution in [3.8, 4) is 16.9 Å². The Labute approximate surface area is 218 Å². The van der Waals surface area contributed by atoms with Gasteiger partial charge in [-0.15, -0.1) is 0 Å². The van der Waals surface area contributed by atoms with Crippen molar-refractivity contribution in [2.45, 2.75) is 76.4 Å². The van der Waals surface area contributed by atoms with E-state index in [9.17, 15) is 8.42 Å². The second-order valence-electron chi connectivity index (χ2n) is 10.5. The van der Waals surface area contributed by atoms with Crippen LogP contribution in [0.2, 0.25) is 0 Å². The van der Waals surface area contributed by atoms with Gasteiger partial charge in [-0.25, -0.2) is 0 Å². The highest BCUT2D eigenvalue weighted by Gasteiger charge is 2.59. The van der Waals surface area contributed by atoms with Gasteiger partial charge in [0, 0.05) is 5.56 Å².